The zero-order valence-corrected chi connectivity index (χ0v) is 8.40. The lowest BCUT2D eigenvalue weighted by Gasteiger charge is -2.20. The van der Waals surface area contributed by atoms with E-state index in [0.717, 1.165) is 18.8 Å². The van der Waals surface area contributed by atoms with Crippen molar-refractivity contribution in [1.82, 2.24) is 4.98 Å². The molecule has 0 aliphatic heterocycles. The molecule has 14 heavy (non-hydrogen) atoms. The fourth-order valence-corrected chi connectivity index (χ4v) is 1.29. The van der Waals surface area contributed by atoms with Crippen molar-refractivity contribution in [3.05, 3.63) is 24.0 Å². The van der Waals surface area contributed by atoms with Crippen molar-refractivity contribution in [3.8, 4) is 0 Å². The van der Waals surface area contributed by atoms with Crippen molar-refractivity contribution in [1.29, 1.82) is 0 Å². The molecule has 0 radical (unpaired) electrons. The summed E-state index contributed by atoms with van der Waals surface area (Å²) in [7, 11) is 0. The van der Waals surface area contributed by atoms with Crippen LogP contribution in [0, 0.1) is 0 Å². The van der Waals surface area contributed by atoms with Crippen LogP contribution >= 0.6 is 0 Å². The van der Waals surface area contributed by atoms with Crippen LogP contribution in [0.4, 0.5) is 5.69 Å². The first kappa shape index (κ1) is 10.5. The van der Waals surface area contributed by atoms with E-state index in [-0.39, 0.29) is 5.69 Å². The molecule has 0 saturated heterocycles. The number of nitrogens with zero attached hydrogens (tertiary/aromatic N) is 2. The van der Waals surface area contributed by atoms with Gasteiger partial charge in [0.05, 0.1) is 11.9 Å². The second kappa shape index (κ2) is 4.60. The van der Waals surface area contributed by atoms with Gasteiger partial charge in [-0.15, -0.1) is 0 Å². The Balaban J connectivity index is 2.87. The maximum absolute atomic E-state index is 10.5. The van der Waals surface area contributed by atoms with E-state index in [1.54, 1.807) is 12.3 Å². The predicted molar refractivity (Wildman–Crippen MR) is 54.8 cm³/mol. The number of carboxylic acids is 1. The molecule has 0 amide bonds. The lowest BCUT2D eigenvalue weighted by molar-refractivity contribution is 0.0690. The standard InChI is InChI=1S/C10H14N2O2/c1-3-12(4-2)8-5-6-9(10(13)14)11-7-8/h5-7H,3-4H2,1-2H3,(H,13,14). The molecule has 1 aromatic rings. The number of anilines is 1. The summed E-state index contributed by atoms with van der Waals surface area (Å²) in [5, 5.41) is 8.65. The van der Waals surface area contributed by atoms with Gasteiger partial charge in [0.1, 0.15) is 5.69 Å². The number of carbonyl (C=O) groups is 1. The normalized spacial score (nSPS) is 9.86. The van der Waals surface area contributed by atoms with Gasteiger partial charge in [0.25, 0.3) is 0 Å². The fourth-order valence-electron chi connectivity index (χ4n) is 1.29. The van der Waals surface area contributed by atoms with Crippen LogP contribution in [0.25, 0.3) is 0 Å². The van der Waals surface area contributed by atoms with Gasteiger partial charge in [0, 0.05) is 13.1 Å². The number of hydrogen-bond donors (Lipinski definition) is 1. The number of aromatic nitrogens is 1. The van der Waals surface area contributed by atoms with E-state index in [0.29, 0.717) is 0 Å². The number of rotatable bonds is 4. The third kappa shape index (κ3) is 2.22. The highest BCUT2D eigenvalue weighted by Crippen LogP contribution is 2.12. The molecule has 0 aliphatic carbocycles. The van der Waals surface area contributed by atoms with Crippen LogP contribution in [0.5, 0.6) is 0 Å². The summed E-state index contributed by atoms with van der Waals surface area (Å²) in [5.74, 6) is -0.990. The van der Waals surface area contributed by atoms with Crippen LogP contribution in [0.3, 0.4) is 0 Å². The van der Waals surface area contributed by atoms with Gasteiger partial charge in [-0.3, -0.25) is 0 Å². The summed E-state index contributed by atoms with van der Waals surface area (Å²) < 4.78 is 0. The molecule has 0 unspecified atom stereocenters. The Bertz CT molecular complexity index is 304. The molecule has 0 aromatic carbocycles. The number of pyridine rings is 1. The Morgan fingerprint density at radius 1 is 1.43 bits per heavy atom. The highest BCUT2D eigenvalue weighted by Gasteiger charge is 2.05. The summed E-state index contributed by atoms with van der Waals surface area (Å²) in [6.45, 7) is 5.89. The summed E-state index contributed by atoms with van der Waals surface area (Å²) in [6.07, 6.45) is 1.59. The molecule has 1 heterocycles. The first-order chi connectivity index (χ1) is 6.69. The van der Waals surface area contributed by atoms with Gasteiger partial charge in [-0.1, -0.05) is 0 Å². The average Bonchev–Trinajstić information content (AvgIpc) is 2.20. The van der Waals surface area contributed by atoms with Gasteiger partial charge in [-0.25, -0.2) is 9.78 Å². The summed E-state index contributed by atoms with van der Waals surface area (Å²) in [5.41, 5.74) is 1.04. The van der Waals surface area contributed by atoms with E-state index in [1.165, 1.54) is 6.07 Å². The fraction of sp³-hybridized carbons (Fsp3) is 0.400. The third-order valence-electron chi connectivity index (χ3n) is 2.10. The SMILES string of the molecule is CCN(CC)c1ccc(C(=O)O)nc1. The molecule has 1 N–H and O–H groups in total. The molecule has 0 spiro atoms. The lowest BCUT2D eigenvalue weighted by atomic mass is 10.3. The van der Waals surface area contributed by atoms with E-state index in [1.807, 2.05) is 0 Å². The highest BCUT2D eigenvalue weighted by molar-refractivity contribution is 5.85. The van der Waals surface area contributed by atoms with E-state index in [9.17, 15) is 4.79 Å². The van der Waals surface area contributed by atoms with Gasteiger partial charge in [0.15, 0.2) is 0 Å². The number of aromatic carboxylic acids is 1. The van der Waals surface area contributed by atoms with E-state index >= 15 is 0 Å². The van der Waals surface area contributed by atoms with Gasteiger partial charge in [-0.2, -0.15) is 0 Å². The Hall–Kier alpha value is -1.58. The van der Waals surface area contributed by atoms with Gasteiger partial charge in [-0.05, 0) is 26.0 Å². The molecule has 4 nitrogen and oxygen atoms in total. The molecule has 0 fully saturated rings. The predicted octanol–water partition coefficient (Wildman–Crippen LogP) is 1.63. The van der Waals surface area contributed by atoms with Crippen LogP contribution in [0.15, 0.2) is 18.3 Å². The van der Waals surface area contributed by atoms with Crippen LogP contribution in [-0.4, -0.2) is 29.1 Å². The molecule has 4 heteroatoms. The first-order valence-electron chi connectivity index (χ1n) is 4.63. The molecule has 0 atom stereocenters. The minimum absolute atomic E-state index is 0.0842. The van der Waals surface area contributed by atoms with E-state index < -0.39 is 5.97 Å². The maximum atomic E-state index is 10.5. The Labute approximate surface area is 83.2 Å². The summed E-state index contributed by atoms with van der Waals surface area (Å²) in [4.78, 5) is 16.5. The quantitative estimate of drug-likeness (QED) is 0.791. The largest absolute Gasteiger partial charge is 0.477 e. The van der Waals surface area contributed by atoms with Crippen LogP contribution < -0.4 is 4.90 Å². The molecule has 0 saturated carbocycles. The van der Waals surface area contributed by atoms with Gasteiger partial charge < -0.3 is 10.0 Å². The van der Waals surface area contributed by atoms with Crippen LogP contribution in [0.1, 0.15) is 24.3 Å². The zero-order chi connectivity index (χ0) is 10.6. The molecule has 0 bridgehead atoms. The van der Waals surface area contributed by atoms with Crippen molar-refractivity contribution in [2.24, 2.45) is 0 Å². The second-order valence-corrected chi connectivity index (χ2v) is 2.88. The lowest BCUT2D eigenvalue weighted by Crippen LogP contribution is -2.22. The van der Waals surface area contributed by atoms with Gasteiger partial charge in [0.2, 0.25) is 0 Å². The average molecular weight is 194 g/mol. The molecule has 0 aliphatic rings. The smallest absolute Gasteiger partial charge is 0.354 e. The van der Waals surface area contributed by atoms with Crippen LogP contribution in [0.2, 0.25) is 0 Å². The molecule has 1 aromatic heterocycles. The first-order valence-corrected chi connectivity index (χ1v) is 4.63. The van der Waals surface area contributed by atoms with Crippen molar-refractivity contribution in [2.45, 2.75) is 13.8 Å². The summed E-state index contributed by atoms with van der Waals surface area (Å²) >= 11 is 0. The van der Waals surface area contributed by atoms with E-state index in [2.05, 4.69) is 23.7 Å². The Morgan fingerprint density at radius 2 is 2.07 bits per heavy atom. The number of hydrogen-bond acceptors (Lipinski definition) is 3. The van der Waals surface area contributed by atoms with Crippen LogP contribution in [-0.2, 0) is 0 Å². The zero-order valence-electron chi connectivity index (χ0n) is 8.40. The minimum atomic E-state index is -0.990. The van der Waals surface area contributed by atoms with Gasteiger partial charge >= 0.3 is 5.97 Å². The van der Waals surface area contributed by atoms with Crippen molar-refractivity contribution >= 4 is 11.7 Å². The molecule has 76 valence electrons. The van der Waals surface area contributed by atoms with Crippen molar-refractivity contribution < 1.29 is 9.90 Å². The molecular formula is C10H14N2O2. The Kier molecular flexibility index (Phi) is 3.45. The maximum Gasteiger partial charge on any atom is 0.354 e. The van der Waals surface area contributed by atoms with E-state index in [4.69, 9.17) is 5.11 Å². The monoisotopic (exact) mass is 194 g/mol. The summed E-state index contributed by atoms with van der Waals surface area (Å²) in [6, 6.07) is 3.30. The molecule has 1 rings (SSSR count). The topological polar surface area (TPSA) is 53.4 Å². The molecular weight excluding hydrogens is 180 g/mol. The minimum Gasteiger partial charge on any atom is -0.477 e. The second-order valence-electron chi connectivity index (χ2n) is 2.88. The van der Waals surface area contributed by atoms with Crippen molar-refractivity contribution in [2.75, 3.05) is 18.0 Å². The van der Waals surface area contributed by atoms with Crippen molar-refractivity contribution in [3.63, 3.8) is 0 Å². The Morgan fingerprint density at radius 3 is 2.43 bits per heavy atom. The third-order valence-corrected chi connectivity index (χ3v) is 2.10. The number of carboxylic acid groups (broad SMARTS) is 1. The highest BCUT2D eigenvalue weighted by atomic mass is 16.4.